The van der Waals surface area contributed by atoms with Gasteiger partial charge in [-0.15, -0.1) is 0 Å². The maximum absolute atomic E-state index is 12.3. The molecule has 3 rings (SSSR count). The summed E-state index contributed by atoms with van der Waals surface area (Å²) in [5.41, 5.74) is -0.447. The van der Waals surface area contributed by atoms with E-state index in [-0.39, 0.29) is 12.6 Å². The van der Waals surface area contributed by atoms with Crippen molar-refractivity contribution in [3.8, 4) is 0 Å². The van der Waals surface area contributed by atoms with Crippen molar-refractivity contribution in [2.75, 3.05) is 53.2 Å². The number of hydrogen-bond acceptors (Lipinski definition) is 8. The first-order valence-corrected chi connectivity index (χ1v) is 17.0. The summed E-state index contributed by atoms with van der Waals surface area (Å²) in [6, 6.07) is 0. The third-order valence-corrected chi connectivity index (χ3v) is 8.34. The van der Waals surface area contributed by atoms with Gasteiger partial charge in [0, 0.05) is 32.0 Å². The van der Waals surface area contributed by atoms with E-state index in [9.17, 15) is 9.59 Å². The Kier molecular flexibility index (Phi) is 19.3. The van der Waals surface area contributed by atoms with Crippen molar-refractivity contribution in [1.29, 1.82) is 0 Å². The highest BCUT2D eigenvalue weighted by Crippen LogP contribution is 2.41. The third-order valence-electron chi connectivity index (χ3n) is 8.34. The summed E-state index contributed by atoms with van der Waals surface area (Å²) in [6.07, 6.45) is 24.3. The van der Waals surface area contributed by atoms with Crippen LogP contribution in [0.4, 0.5) is 0 Å². The molecule has 0 aliphatic carbocycles. The molecule has 0 aromatic rings. The molecule has 0 aromatic carbocycles. The lowest BCUT2D eigenvalue weighted by Gasteiger charge is -2.50. The van der Waals surface area contributed by atoms with Crippen LogP contribution in [0.3, 0.4) is 0 Å². The van der Waals surface area contributed by atoms with E-state index in [1.54, 1.807) is 6.08 Å². The van der Waals surface area contributed by atoms with E-state index in [1.807, 2.05) is 11.9 Å². The molecule has 0 amide bonds. The molecule has 0 saturated carbocycles. The fourth-order valence-corrected chi connectivity index (χ4v) is 5.34. The number of ether oxygens (including phenoxy) is 5. The second kappa shape index (κ2) is 22.1. The quantitative estimate of drug-likeness (QED) is 0.0584. The van der Waals surface area contributed by atoms with Gasteiger partial charge < -0.3 is 23.7 Å². The van der Waals surface area contributed by atoms with Gasteiger partial charge in [0.05, 0.1) is 25.2 Å². The zero-order chi connectivity index (χ0) is 30.4. The molecule has 0 radical (unpaired) electrons. The molecule has 0 spiro atoms. The molecule has 0 atom stereocenters. The lowest BCUT2D eigenvalue weighted by molar-refractivity contribution is -0.463. The Bertz CT molecular complexity index is 732. The van der Waals surface area contributed by atoms with Crippen LogP contribution in [-0.4, -0.2) is 76.0 Å². The monoisotopic (exact) mass is 595 g/mol. The summed E-state index contributed by atoms with van der Waals surface area (Å²) in [5.74, 6) is -1.43. The number of likely N-dealkylation sites (N-methyl/N-ethyl adjacent to an activating group) is 1. The molecular weight excluding hydrogens is 534 g/mol. The number of unbranched alkanes of at least 4 members (excludes halogenated alkanes) is 14. The molecule has 0 unspecified atom stereocenters. The zero-order valence-corrected chi connectivity index (χ0v) is 27.1. The Balaban J connectivity index is 1.44. The van der Waals surface area contributed by atoms with Crippen molar-refractivity contribution >= 4 is 11.9 Å². The average molecular weight is 596 g/mol. The van der Waals surface area contributed by atoms with Crippen LogP contribution in [0.2, 0.25) is 0 Å². The standard InChI is InChI=1S/C34H61NO7/c1-4-6-8-10-11-12-13-14-15-16-18-20-31(36)38-26-24-35(3)25-27-39-32(37)21-23-33-28-40-34(41-29-33,42-30-33)22-19-17-9-7-5-2/h21,23H,4-20,22,24-30H2,1-3H3. The number of rotatable bonds is 26. The van der Waals surface area contributed by atoms with Gasteiger partial charge in [0.2, 0.25) is 0 Å². The van der Waals surface area contributed by atoms with E-state index in [0.717, 1.165) is 32.1 Å². The highest BCUT2D eigenvalue weighted by Gasteiger charge is 2.51. The molecule has 3 aliphatic heterocycles. The predicted octanol–water partition coefficient (Wildman–Crippen LogP) is 7.34. The van der Waals surface area contributed by atoms with Gasteiger partial charge in [-0.3, -0.25) is 9.69 Å². The highest BCUT2D eigenvalue weighted by molar-refractivity contribution is 5.82. The van der Waals surface area contributed by atoms with Crippen molar-refractivity contribution in [1.82, 2.24) is 4.90 Å². The van der Waals surface area contributed by atoms with Crippen LogP contribution < -0.4 is 0 Å². The molecule has 42 heavy (non-hydrogen) atoms. The number of fused-ring (bicyclic) bond motifs is 3. The molecule has 3 fully saturated rings. The molecule has 3 saturated heterocycles. The number of carbonyl (C=O) groups excluding carboxylic acids is 2. The van der Waals surface area contributed by atoms with Gasteiger partial charge in [-0.25, -0.2) is 4.79 Å². The largest absolute Gasteiger partial charge is 0.464 e. The van der Waals surface area contributed by atoms with Crippen molar-refractivity contribution in [2.24, 2.45) is 5.41 Å². The second-order valence-electron chi connectivity index (χ2n) is 12.4. The van der Waals surface area contributed by atoms with Crippen molar-refractivity contribution < 1.29 is 33.3 Å². The lowest BCUT2D eigenvalue weighted by atomic mass is 9.88. The van der Waals surface area contributed by atoms with E-state index in [4.69, 9.17) is 23.7 Å². The van der Waals surface area contributed by atoms with Gasteiger partial charge in [0.25, 0.3) is 5.97 Å². The molecule has 0 aromatic heterocycles. The minimum atomic E-state index is -0.909. The van der Waals surface area contributed by atoms with Crippen molar-refractivity contribution in [2.45, 2.75) is 135 Å². The summed E-state index contributed by atoms with van der Waals surface area (Å²) in [7, 11) is 1.92. The Morgan fingerprint density at radius 3 is 1.71 bits per heavy atom. The smallest absolute Gasteiger partial charge is 0.330 e. The van der Waals surface area contributed by atoms with Gasteiger partial charge in [0.1, 0.15) is 13.2 Å². The highest BCUT2D eigenvalue weighted by atomic mass is 16.9. The maximum atomic E-state index is 12.3. The number of carbonyl (C=O) groups is 2. The van der Waals surface area contributed by atoms with Crippen molar-refractivity contribution in [3.63, 3.8) is 0 Å². The van der Waals surface area contributed by atoms with E-state index < -0.39 is 17.4 Å². The van der Waals surface area contributed by atoms with Gasteiger partial charge in [-0.2, -0.15) is 0 Å². The van der Waals surface area contributed by atoms with Crippen LogP contribution in [0.5, 0.6) is 0 Å². The second-order valence-corrected chi connectivity index (χ2v) is 12.4. The van der Waals surface area contributed by atoms with Gasteiger partial charge in [0.15, 0.2) is 0 Å². The molecule has 244 valence electrons. The van der Waals surface area contributed by atoms with Crippen LogP contribution in [0.1, 0.15) is 129 Å². The predicted molar refractivity (Wildman–Crippen MR) is 166 cm³/mol. The lowest BCUT2D eigenvalue weighted by Crippen LogP contribution is -2.59. The molecular formula is C34H61NO7. The van der Waals surface area contributed by atoms with Crippen LogP contribution in [0.15, 0.2) is 12.2 Å². The zero-order valence-electron chi connectivity index (χ0n) is 27.1. The van der Waals surface area contributed by atoms with Crippen LogP contribution in [0.25, 0.3) is 0 Å². The summed E-state index contributed by atoms with van der Waals surface area (Å²) in [5, 5.41) is 0. The SMILES string of the molecule is CCCCCCCCCCCCCC(=O)OCCN(C)CCOC(=O)C=CC12COC(CCCCCCC)(OC1)OC2. The normalized spacial score (nSPS) is 21.8. The maximum Gasteiger partial charge on any atom is 0.330 e. The first kappa shape index (κ1) is 36.7. The first-order chi connectivity index (χ1) is 20.4. The van der Waals surface area contributed by atoms with Crippen molar-refractivity contribution in [3.05, 3.63) is 12.2 Å². The van der Waals surface area contributed by atoms with Gasteiger partial charge in [-0.05, 0) is 19.9 Å². The first-order valence-electron chi connectivity index (χ1n) is 17.0. The van der Waals surface area contributed by atoms with E-state index >= 15 is 0 Å². The van der Waals surface area contributed by atoms with Crippen LogP contribution in [-0.2, 0) is 33.3 Å². The molecule has 8 nitrogen and oxygen atoms in total. The minimum Gasteiger partial charge on any atom is -0.464 e. The number of hydrogen-bond donors (Lipinski definition) is 0. The number of nitrogens with zero attached hydrogens (tertiary/aromatic N) is 1. The Morgan fingerprint density at radius 1 is 0.690 bits per heavy atom. The van der Waals surface area contributed by atoms with E-state index in [2.05, 4.69) is 13.8 Å². The number of esters is 2. The minimum absolute atomic E-state index is 0.123. The van der Waals surface area contributed by atoms with Crippen LogP contribution in [0, 0.1) is 5.41 Å². The van der Waals surface area contributed by atoms with Crippen LogP contribution >= 0.6 is 0 Å². The Hall–Kier alpha value is -1.48. The molecule has 3 aliphatic rings. The summed E-state index contributed by atoms with van der Waals surface area (Å²) < 4.78 is 28.6. The molecule has 3 heterocycles. The molecule has 8 heteroatoms. The molecule has 0 N–H and O–H groups in total. The Morgan fingerprint density at radius 2 is 1.17 bits per heavy atom. The van der Waals surface area contributed by atoms with E-state index in [1.165, 1.54) is 83.1 Å². The van der Waals surface area contributed by atoms with Gasteiger partial charge >= 0.3 is 11.9 Å². The molecule has 2 bridgehead atoms. The van der Waals surface area contributed by atoms with Gasteiger partial charge in [-0.1, -0.05) is 110 Å². The summed E-state index contributed by atoms with van der Waals surface area (Å²) >= 11 is 0. The Labute approximate surface area is 256 Å². The van der Waals surface area contributed by atoms with E-state index in [0.29, 0.717) is 45.9 Å². The average Bonchev–Trinajstić information content (AvgIpc) is 3.00. The summed E-state index contributed by atoms with van der Waals surface area (Å²) in [6.45, 7) is 7.69. The topological polar surface area (TPSA) is 83.5 Å². The summed E-state index contributed by atoms with van der Waals surface area (Å²) in [4.78, 5) is 26.2. The fourth-order valence-electron chi connectivity index (χ4n) is 5.34. The third kappa shape index (κ3) is 15.8. The fraction of sp³-hybridized carbons (Fsp3) is 0.882.